The second-order valence-electron chi connectivity index (χ2n) is 9.25. The van der Waals surface area contributed by atoms with Crippen LogP contribution in [0, 0.1) is 0 Å². The molecule has 0 bridgehead atoms. The topological polar surface area (TPSA) is 125 Å². The highest BCUT2D eigenvalue weighted by Gasteiger charge is 2.26. The number of imidazole rings is 1. The van der Waals surface area contributed by atoms with Crippen LogP contribution < -0.4 is 16.0 Å². The van der Waals surface area contributed by atoms with Crippen molar-refractivity contribution in [1.29, 1.82) is 0 Å². The van der Waals surface area contributed by atoms with Crippen LogP contribution in [0.15, 0.2) is 42.5 Å². The van der Waals surface area contributed by atoms with E-state index in [4.69, 9.17) is 10.1 Å². The molecule has 0 unspecified atom stereocenters. The fourth-order valence-corrected chi connectivity index (χ4v) is 5.13. The Balaban J connectivity index is 1.33. The molecule has 2 heterocycles. The quantitative estimate of drug-likeness (QED) is 0.433. The van der Waals surface area contributed by atoms with Crippen LogP contribution in [0.2, 0.25) is 0 Å². The number of nitrogens with zero attached hydrogens (tertiary/aromatic N) is 2. The van der Waals surface area contributed by atoms with Crippen LogP contribution in [-0.2, 0) is 22.7 Å². The summed E-state index contributed by atoms with van der Waals surface area (Å²) in [5.41, 5.74) is 3.88. The fourth-order valence-electron chi connectivity index (χ4n) is 5.13. The van der Waals surface area contributed by atoms with Gasteiger partial charge in [-0.25, -0.2) is 4.98 Å². The second-order valence-corrected chi connectivity index (χ2v) is 9.25. The monoisotopic (exact) mass is 475 g/mol. The molecule has 1 atom stereocenters. The van der Waals surface area contributed by atoms with Crippen molar-refractivity contribution in [2.75, 3.05) is 5.32 Å². The number of aromatic nitrogens is 2. The van der Waals surface area contributed by atoms with Crippen LogP contribution in [0.25, 0.3) is 11.0 Å². The SMILES string of the molecule is O=C(O)C[C@@H]1Nc2ccc(C(=O)NCc3nc4ccccc4n3C3CCCCC3)cc2CNC1=O. The molecule has 2 amide bonds. The van der Waals surface area contributed by atoms with Gasteiger partial charge in [0.05, 0.1) is 24.0 Å². The maximum Gasteiger partial charge on any atom is 0.305 e. The Morgan fingerprint density at radius 3 is 2.71 bits per heavy atom. The lowest BCUT2D eigenvalue weighted by atomic mass is 9.95. The third kappa shape index (κ3) is 4.84. The number of carbonyl (C=O) groups is 3. The lowest BCUT2D eigenvalue weighted by Crippen LogP contribution is -2.38. The van der Waals surface area contributed by atoms with Gasteiger partial charge in [-0.15, -0.1) is 0 Å². The van der Waals surface area contributed by atoms with Crippen LogP contribution in [0.3, 0.4) is 0 Å². The number of carboxylic acids is 1. The molecule has 1 aromatic heterocycles. The molecule has 9 nitrogen and oxygen atoms in total. The lowest BCUT2D eigenvalue weighted by molar-refractivity contribution is -0.139. The van der Waals surface area contributed by atoms with Gasteiger partial charge in [-0.2, -0.15) is 0 Å². The number of amides is 2. The Kier molecular flexibility index (Phi) is 6.39. The highest BCUT2D eigenvalue weighted by Crippen LogP contribution is 2.32. The van der Waals surface area contributed by atoms with Gasteiger partial charge in [0.2, 0.25) is 5.91 Å². The first-order chi connectivity index (χ1) is 17.0. The van der Waals surface area contributed by atoms with Gasteiger partial charge in [-0.1, -0.05) is 31.4 Å². The van der Waals surface area contributed by atoms with E-state index >= 15 is 0 Å². The molecule has 1 aliphatic heterocycles. The van der Waals surface area contributed by atoms with E-state index in [1.807, 2.05) is 18.2 Å². The minimum Gasteiger partial charge on any atom is -0.481 e. The molecule has 0 radical (unpaired) electrons. The molecule has 1 fully saturated rings. The number of hydrogen-bond acceptors (Lipinski definition) is 5. The molecule has 1 saturated carbocycles. The van der Waals surface area contributed by atoms with E-state index in [-0.39, 0.29) is 24.8 Å². The number of anilines is 1. The Labute approximate surface area is 202 Å². The zero-order valence-corrected chi connectivity index (χ0v) is 19.4. The average Bonchev–Trinajstić information content (AvgIpc) is 3.17. The maximum absolute atomic E-state index is 13.0. The zero-order valence-electron chi connectivity index (χ0n) is 19.4. The molecule has 4 N–H and O–H groups in total. The molecule has 35 heavy (non-hydrogen) atoms. The van der Waals surface area contributed by atoms with Crippen LogP contribution >= 0.6 is 0 Å². The van der Waals surface area contributed by atoms with Gasteiger partial charge in [0.25, 0.3) is 5.91 Å². The lowest BCUT2D eigenvalue weighted by Gasteiger charge is -2.25. The van der Waals surface area contributed by atoms with Gasteiger partial charge in [0, 0.05) is 23.8 Å². The van der Waals surface area contributed by atoms with E-state index < -0.39 is 12.0 Å². The van der Waals surface area contributed by atoms with Gasteiger partial charge in [0.15, 0.2) is 0 Å². The summed E-state index contributed by atoms with van der Waals surface area (Å²) in [6.45, 7) is 0.534. The number of rotatable bonds is 6. The molecular formula is C26H29N5O4. The number of carbonyl (C=O) groups excluding carboxylic acids is 2. The summed E-state index contributed by atoms with van der Waals surface area (Å²) in [6, 6.07) is 12.8. The molecule has 3 aromatic rings. The predicted octanol–water partition coefficient (Wildman–Crippen LogP) is 3.36. The van der Waals surface area contributed by atoms with Crippen molar-refractivity contribution in [1.82, 2.24) is 20.2 Å². The summed E-state index contributed by atoms with van der Waals surface area (Å²) >= 11 is 0. The van der Waals surface area contributed by atoms with Gasteiger partial charge in [-0.05, 0) is 48.7 Å². The number of nitrogens with one attached hydrogen (secondary N) is 3. The van der Waals surface area contributed by atoms with E-state index in [0.29, 0.717) is 23.8 Å². The number of aliphatic carboxylic acids is 1. The van der Waals surface area contributed by atoms with Crippen molar-refractivity contribution in [3.63, 3.8) is 0 Å². The number of benzene rings is 2. The summed E-state index contributed by atoms with van der Waals surface area (Å²) in [5, 5.41) is 17.8. The van der Waals surface area contributed by atoms with Crippen LogP contribution in [-0.4, -0.2) is 38.5 Å². The fraction of sp³-hybridized carbons (Fsp3) is 0.385. The Morgan fingerprint density at radius 1 is 1.11 bits per heavy atom. The Morgan fingerprint density at radius 2 is 1.91 bits per heavy atom. The summed E-state index contributed by atoms with van der Waals surface area (Å²) < 4.78 is 2.30. The van der Waals surface area contributed by atoms with Crippen molar-refractivity contribution in [2.24, 2.45) is 0 Å². The number of fused-ring (bicyclic) bond motifs is 2. The minimum atomic E-state index is -1.06. The van der Waals surface area contributed by atoms with Crippen LogP contribution in [0.5, 0.6) is 0 Å². The average molecular weight is 476 g/mol. The third-order valence-corrected chi connectivity index (χ3v) is 6.86. The summed E-state index contributed by atoms with van der Waals surface area (Å²) in [6.07, 6.45) is 5.59. The highest BCUT2D eigenvalue weighted by atomic mass is 16.4. The summed E-state index contributed by atoms with van der Waals surface area (Å²) in [5.74, 6) is -0.813. The van der Waals surface area contributed by atoms with Crippen molar-refractivity contribution < 1.29 is 19.5 Å². The first-order valence-corrected chi connectivity index (χ1v) is 12.1. The number of para-hydroxylation sites is 2. The molecule has 9 heteroatoms. The largest absolute Gasteiger partial charge is 0.481 e. The summed E-state index contributed by atoms with van der Waals surface area (Å²) in [7, 11) is 0. The molecule has 5 rings (SSSR count). The molecule has 2 aromatic carbocycles. The van der Waals surface area contributed by atoms with Crippen LogP contribution in [0.4, 0.5) is 5.69 Å². The van der Waals surface area contributed by atoms with Crippen molar-refractivity contribution in [3.8, 4) is 0 Å². The minimum absolute atomic E-state index is 0.218. The highest BCUT2D eigenvalue weighted by molar-refractivity contribution is 5.95. The van der Waals surface area contributed by atoms with Crippen LogP contribution in [0.1, 0.15) is 66.3 Å². The molecule has 2 aliphatic rings. The second kappa shape index (κ2) is 9.77. The van der Waals surface area contributed by atoms with Crippen molar-refractivity contribution in [2.45, 2.75) is 63.7 Å². The Hall–Kier alpha value is -3.88. The van der Waals surface area contributed by atoms with Crippen molar-refractivity contribution in [3.05, 3.63) is 59.4 Å². The van der Waals surface area contributed by atoms with E-state index in [1.54, 1.807) is 18.2 Å². The number of hydrogen-bond donors (Lipinski definition) is 4. The van der Waals surface area contributed by atoms with E-state index in [0.717, 1.165) is 35.3 Å². The van der Waals surface area contributed by atoms with E-state index in [2.05, 4.69) is 26.6 Å². The zero-order chi connectivity index (χ0) is 24.4. The molecule has 0 spiro atoms. The standard InChI is InChI=1S/C26H29N5O4/c32-24(33)13-21-26(35)27-14-17-12-16(10-11-19(17)29-21)25(34)28-15-23-30-20-8-4-5-9-22(20)31(23)18-6-2-1-3-7-18/h4-5,8-12,18,21,29H,1-3,6-7,13-15H2,(H,27,35)(H,28,34)(H,32,33)/t21-/m0/s1. The molecular weight excluding hydrogens is 446 g/mol. The molecule has 182 valence electrons. The Bertz CT molecular complexity index is 1280. The van der Waals surface area contributed by atoms with Gasteiger partial charge < -0.3 is 25.6 Å². The third-order valence-electron chi connectivity index (χ3n) is 6.86. The first-order valence-electron chi connectivity index (χ1n) is 12.1. The predicted molar refractivity (Wildman–Crippen MR) is 131 cm³/mol. The maximum atomic E-state index is 13.0. The van der Waals surface area contributed by atoms with E-state index in [9.17, 15) is 14.4 Å². The molecule has 1 aliphatic carbocycles. The van der Waals surface area contributed by atoms with Crippen molar-refractivity contribution >= 4 is 34.5 Å². The van der Waals surface area contributed by atoms with E-state index in [1.165, 1.54) is 19.3 Å². The van der Waals surface area contributed by atoms with Gasteiger partial charge in [-0.3, -0.25) is 14.4 Å². The van der Waals surface area contributed by atoms with Gasteiger partial charge in [0.1, 0.15) is 11.9 Å². The first kappa shape index (κ1) is 22.9. The number of carboxylic acid groups (broad SMARTS) is 1. The smallest absolute Gasteiger partial charge is 0.305 e. The molecule has 0 saturated heterocycles. The van der Waals surface area contributed by atoms with Gasteiger partial charge >= 0.3 is 5.97 Å². The normalized spacial score (nSPS) is 18.3. The summed E-state index contributed by atoms with van der Waals surface area (Å²) in [4.78, 5) is 41.1.